The minimum atomic E-state index is -0.189. The van der Waals surface area contributed by atoms with E-state index in [4.69, 9.17) is 9.47 Å². The smallest absolute Gasteiger partial charge is 0.253 e. The standard InChI is InChI=1S/C22H22N4O3/c1-14(2)29-21-7-6-15(11-25-21)22(27)26-17-8-19-18(16-9-23-13-24-10-16)4-3-5-20(19)28-12-17/h3-7,9-11,13-14,17H,8,12H2,1-2H3,(H,26,27)/t17-/m0/s1. The molecule has 148 valence electrons. The average molecular weight is 390 g/mol. The average Bonchev–Trinajstić information content (AvgIpc) is 2.74. The van der Waals surface area contributed by atoms with Gasteiger partial charge in [0.15, 0.2) is 0 Å². The molecule has 0 saturated carbocycles. The minimum Gasteiger partial charge on any atom is -0.491 e. The summed E-state index contributed by atoms with van der Waals surface area (Å²) in [6.45, 7) is 4.27. The fraction of sp³-hybridized carbons (Fsp3) is 0.273. The Morgan fingerprint density at radius 1 is 1.17 bits per heavy atom. The number of hydrogen-bond donors (Lipinski definition) is 1. The molecule has 1 aliphatic heterocycles. The van der Waals surface area contributed by atoms with E-state index < -0.39 is 0 Å². The summed E-state index contributed by atoms with van der Waals surface area (Å²) in [5.41, 5.74) is 3.46. The number of carbonyl (C=O) groups is 1. The maximum absolute atomic E-state index is 12.6. The highest BCUT2D eigenvalue weighted by atomic mass is 16.5. The van der Waals surface area contributed by atoms with Gasteiger partial charge in [0, 0.05) is 42.2 Å². The third kappa shape index (κ3) is 4.34. The second-order valence-electron chi connectivity index (χ2n) is 7.15. The van der Waals surface area contributed by atoms with E-state index >= 15 is 0 Å². The van der Waals surface area contributed by atoms with Crippen molar-refractivity contribution in [3.8, 4) is 22.8 Å². The van der Waals surface area contributed by atoms with Gasteiger partial charge in [-0.2, -0.15) is 0 Å². The zero-order valence-corrected chi connectivity index (χ0v) is 16.3. The van der Waals surface area contributed by atoms with Gasteiger partial charge in [-0.3, -0.25) is 4.79 Å². The van der Waals surface area contributed by atoms with Crippen LogP contribution in [0.5, 0.6) is 11.6 Å². The van der Waals surface area contributed by atoms with E-state index in [9.17, 15) is 4.79 Å². The van der Waals surface area contributed by atoms with Crippen LogP contribution in [0.4, 0.5) is 0 Å². The molecule has 7 heteroatoms. The number of nitrogens with one attached hydrogen (secondary N) is 1. The zero-order valence-electron chi connectivity index (χ0n) is 16.3. The molecule has 0 unspecified atom stereocenters. The van der Waals surface area contributed by atoms with Crippen molar-refractivity contribution in [2.45, 2.75) is 32.4 Å². The fourth-order valence-electron chi connectivity index (χ4n) is 3.30. The van der Waals surface area contributed by atoms with Gasteiger partial charge in [0.1, 0.15) is 18.7 Å². The normalized spacial score (nSPS) is 15.3. The number of hydrogen-bond acceptors (Lipinski definition) is 6. The molecule has 1 aromatic carbocycles. The van der Waals surface area contributed by atoms with Gasteiger partial charge in [0.25, 0.3) is 5.91 Å². The van der Waals surface area contributed by atoms with Crippen LogP contribution in [0.25, 0.3) is 11.1 Å². The highest BCUT2D eigenvalue weighted by Crippen LogP contribution is 2.33. The van der Waals surface area contributed by atoms with Crippen LogP contribution >= 0.6 is 0 Å². The first kappa shape index (κ1) is 18.9. The zero-order chi connectivity index (χ0) is 20.2. The van der Waals surface area contributed by atoms with Crippen LogP contribution in [0.3, 0.4) is 0 Å². The van der Waals surface area contributed by atoms with Crippen LogP contribution in [0.15, 0.2) is 55.2 Å². The molecule has 1 amide bonds. The van der Waals surface area contributed by atoms with Gasteiger partial charge in [-0.25, -0.2) is 15.0 Å². The molecule has 0 radical (unpaired) electrons. The van der Waals surface area contributed by atoms with Gasteiger partial charge in [-0.15, -0.1) is 0 Å². The first-order valence-corrected chi connectivity index (χ1v) is 9.54. The van der Waals surface area contributed by atoms with Gasteiger partial charge >= 0.3 is 0 Å². The number of fused-ring (bicyclic) bond motifs is 1. The van der Waals surface area contributed by atoms with Crippen LogP contribution in [-0.4, -0.2) is 39.6 Å². The van der Waals surface area contributed by atoms with Crippen LogP contribution in [0.2, 0.25) is 0 Å². The van der Waals surface area contributed by atoms with Crippen molar-refractivity contribution >= 4 is 5.91 Å². The number of benzene rings is 1. The monoisotopic (exact) mass is 390 g/mol. The fourth-order valence-corrected chi connectivity index (χ4v) is 3.30. The molecule has 3 aromatic rings. The largest absolute Gasteiger partial charge is 0.491 e. The summed E-state index contributed by atoms with van der Waals surface area (Å²) < 4.78 is 11.4. The molecule has 0 saturated heterocycles. The predicted octanol–water partition coefficient (Wildman–Crippen LogP) is 3.06. The molecule has 3 heterocycles. The van der Waals surface area contributed by atoms with Crippen molar-refractivity contribution in [1.82, 2.24) is 20.3 Å². The van der Waals surface area contributed by atoms with Gasteiger partial charge in [0.05, 0.1) is 17.7 Å². The lowest BCUT2D eigenvalue weighted by Crippen LogP contribution is -2.42. The number of nitrogens with zero attached hydrogens (tertiary/aromatic N) is 3. The van der Waals surface area contributed by atoms with E-state index in [-0.39, 0.29) is 18.1 Å². The van der Waals surface area contributed by atoms with E-state index in [0.717, 1.165) is 22.4 Å². The first-order chi connectivity index (χ1) is 14.1. The summed E-state index contributed by atoms with van der Waals surface area (Å²) in [7, 11) is 0. The molecular weight excluding hydrogens is 368 g/mol. The quantitative estimate of drug-likeness (QED) is 0.721. The molecule has 2 aromatic heterocycles. The maximum Gasteiger partial charge on any atom is 0.253 e. The van der Waals surface area contributed by atoms with Crippen LogP contribution in [0.1, 0.15) is 29.8 Å². The lowest BCUT2D eigenvalue weighted by atomic mass is 9.94. The predicted molar refractivity (Wildman–Crippen MR) is 108 cm³/mol. The second-order valence-corrected chi connectivity index (χ2v) is 7.15. The highest BCUT2D eigenvalue weighted by molar-refractivity contribution is 5.94. The van der Waals surface area contributed by atoms with Crippen molar-refractivity contribution in [3.05, 3.63) is 66.4 Å². The molecule has 4 rings (SSSR count). The summed E-state index contributed by atoms with van der Waals surface area (Å²) >= 11 is 0. The van der Waals surface area contributed by atoms with Crippen molar-refractivity contribution in [1.29, 1.82) is 0 Å². The first-order valence-electron chi connectivity index (χ1n) is 9.54. The minimum absolute atomic E-state index is 0.0332. The third-order valence-corrected chi connectivity index (χ3v) is 4.59. The Balaban J connectivity index is 1.48. The lowest BCUT2D eigenvalue weighted by Gasteiger charge is -2.27. The van der Waals surface area contributed by atoms with Crippen molar-refractivity contribution in [2.24, 2.45) is 0 Å². The van der Waals surface area contributed by atoms with E-state index in [1.165, 1.54) is 12.5 Å². The van der Waals surface area contributed by atoms with E-state index in [1.54, 1.807) is 24.5 Å². The number of amides is 1. The van der Waals surface area contributed by atoms with Gasteiger partial charge < -0.3 is 14.8 Å². The topological polar surface area (TPSA) is 86.2 Å². The van der Waals surface area contributed by atoms with Crippen molar-refractivity contribution < 1.29 is 14.3 Å². The Morgan fingerprint density at radius 3 is 2.72 bits per heavy atom. The van der Waals surface area contributed by atoms with Gasteiger partial charge in [-0.1, -0.05) is 12.1 Å². The summed E-state index contributed by atoms with van der Waals surface area (Å²) in [5.74, 6) is 1.14. The van der Waals surface area contributed by atoms with E-state index in [2.05, 4.69) is 20.3 Å². The van der Waals surface area contributed by atoms with Crippen molar-refractivity contribution in [2.75, 3.05) is 6.61 Å². The summed E-state index contributed by atoms with van der Waals surface area (Å²) in [4.78, 5) is 25.0. The number of ether oxygens (including phenoxy) is 2. The SMILES string of the molecule is CC(C)Oc1ccc(C(=O)N[C@@H]2COc3cccc(-c4cncnc4)c3C2)cn1. The second kappa shape index (κ2) is 8.26. The molecular formula is C22H22N4O3. The highest BCUT2D eigenvalue weighted by Gasteiger charge is 2.24. The Labute approximate surface area is 169 Å². The summed E-state index contributed by atoms with van der Waals surface area (Å²) in [6.07, 6.45) is 7.27. The number of aromatic nitrogens is 3. The Hall–Kier alpha value is -3.48. The Morgan fingerprint density at radius 2 is 2.00 bits per heavy atom. The molecule has 0 aliphatic carbocycles. The van der Waals surface area contributed by atoms with E-state index in [0.29, 0.717) is 24.5 Å². The molecule has 0 fully saturated rings. The third-order valence-electron chi connectivity index (χ3n) is 4.59. The molecule has 29 heavy (non-hydrogen) atoms. The molecule has 1 N–H and O–H groups in total. The summed E-state index contributed by atoms with van der Waals surface area (Å²) in [6, 6.07) is 9.18. The van der Waals surface area contributed by atoms with Crippen LogP contribution < -0.4 is 14.8 Å². The van der Waals surface area contributed by atoms with Gasteiger partial charge in [0.2, 0.25) is 5.88 Å². The molecule has 7 nitrogen and oxygen atoms in total. The number of rotatable bonds is 5. The Bertz CT molecular complexity index is 991. The van der Waals surface area contributed by atoms with E-state index in [1.807, 2.05) is 32.0 Å². The van der Waals surface area contributed by atoms with Crippen molar-refractivity contribution in [3.63, 3.8) is 0 Å². The van der Waals surface area contributed by atoms with Crippen LogP contribution in [0, 0.1) is 0 Å². The molecule has 1 atom stereocenters. The Kier molecular flexibility index (Phi) is 5.37. The number of carbonyl (C=O) groups excluding carboxylic acids is 1. The number of pyridine rings is 1. The van der Waals surface area contributed by atoms with Crippen LogP contribution in [-0.2, 0) is 6.42 Å². The molecule has 0 bridgehead atoms. The molecule has 1 aliphatic rings. The lowest BCUT2D eigenvalue weighted by molar-refractivity contribution is 0.0915. The molecule has 0 spiro atoms. The van der Waals surface area contributed by atoms with Gasteiger partial charge in [-0.05, 0) is 31.5 Å². The maximum atomic E-state index is 12.6. The summed E-state index contributed by atoms with van der Waals surface area (Å²) in [5, 5.41) is 3.04.